The van der Waals surface area contributed by atoms with E-state index in [0.717, 1.165) is 12.0 Å². The van der Waals surface area contributed by atoms with Gasteiger partial charge in [-0.25, -0.2) is 4.79 Å². The second-order valence-corrected chi connectivity index (χ2v) is 4.34. The van der Waals surface area contributed by atoms with Crippen molar-refractivity contribution in [3.05, 3.63) is 35.5 Å². The molecule has 0 aliphatic carbocycles. The molecule has 0 aromatic rings. The summed E-state index contributed by atoms with van der Waals surface area (Å²) < 4.78 is 5.36. The third kappa shape index (κ3) is 3.37. The molecule has 0 aromatic heterocycles. The summed E-state index contributed by atoms with van der Waals surface area (Å²) in [5.74, 6) is 0.0738. The van der Waals surface area contributed by atoms with Crippen molar-refractivity contribution >= 4 is 5.97 Å². The van der Waals surface area contributed by atoms with Crippen molar-refractivity contribution < 1.29 is 9.53 Å². The zero-order chi connectivity index (χ0) is 12.1. The van der Waals surface area contributed by atoms with Crippen LogP contribution in [0.5, 0.6) is 0 Å². The Morgan fingerprint density at radius 2 is 2.31 bits per heavy atom. The van der Waals surface area contributed by atoms with Gasteiger partial charge in [0.05, 0.1) is 0 Å². The van der Waals surface area contributed by atoms with Crippen LogP contribution in [0.3, 0.4) is 0 Å². The Balaban J connectivity index is 2.66. The van der Waals surface area contributed by atoms with Gasteiger partial charge in [-0.1, -0.05) is 36.8 Å². The molecule has 0 aromatic carbocycles. The Bertz CT molecular complexity index is 348. The number of carbonyl (C=O) groups excluding carboxylic acids is 1. The second-order valence-electron chi connectivity index (χ2n) is 4.34. The van der Waals surface area contributed by atoms with Gasteiger partial charge in [-0.05, 0) is 20.8 Å². The highest BCUT2D eigenvalue weighted by Crippen LogP contribution is 2.22. The zero-order valence-electron chi connectivity index (χ0n) is 10.5. The summed E-state index contributed by atoms with van der Waals surface area (Å²) in [7, 11) is 0. The lowest BCUT2D eigenvalue weighted by molar-refractivity contribution is -0.147. The van der Waals surface area contributed by atoms with E-state index in [1.54, 1.807) is 6.92 Å². The van der Waals surface area contributed by atoms with Crippen LogP contribution >= 0.6 is 0 Å². The molecule has 0 spiro atoms. The second kappa shape index (κ2) is 5.69. The van der Waals surface area contributed by atoms with E-state index < -0.39 is 0 Å². The Labute approximate surface area is 97.7 Å². The normalized spacial score (nSPS) is 24.2. The highest BCUT2D eigenvalue weighted by Gasteiger charge is 2.23. The van der Waals surface area contributed by atoms with Crippen LogP contribution in [0.15, 0.2) is 35.5 Å². The molecule has 0 saturated carbocycles. The number of allylic oxidation sites excluding steroid dienone is 3. The number of rotatable bonds is 3. The summed E-state index contributed by atoms with van der Waals surface area (Å²) in [4.78, 5) is 11.4. The van der Waals surface area contributed by atoms with Crippen LogP contribution in [0.2, 0.25) is 0 Å². The van der Waals surface area contributed by atoms with Crippen molar-refractivity contribution in [2.24, 2.45) is 5.92 Å². The zero-order valence-corrected chi connectivity index (χ0v) is 10.5. The summed E-state index contributed by atoms with van der Waals surface area (Å²) in [6.07, 6.45) is 8.98. The fourth-order valence-corrected chi connectivity index (χ4v) is 1.82. The third-order valence-corrected chi connectivity index (χ3v) is 2.78. The Hall–Kier alpha value is -1.31. The minimum absolute atomic E-state index is 0.0172. The van der Waals surface area contributed by atoms with E-state index >= 15 is 0 Å². The highest BCUT2D eigenvalue weighted by atomic mass is 16.5. The predicted octanol–water partition coefficient (Wildman–Crippen LogP) is 3.41. The molecule has 1 heterocycles. The van der Waals surface area contributed by atoms with Gasteiger partial charge in [0.2, 0.25) is 0 Å². The van der Waals surface area contributed by atoms with Crippen LogP contribution in [-0.4, -0.2) is 12.1 Å². The smallest absolute Gasteiger partial charge is 0.333 e. The first-order valence-electron chi connectivity index (χ1n) is 5.73. The highest BCUT2D eigenvalue weighted by molar-refractivity contribution is 5.88. The van der Waals surface area contributed by atoms with E-state index in [2.05, 4.69) is 26.0 Å². The summed E-state index contributed by atoms with van der Waals surface area (Å²) >= 11 is 0. The molecule has 2 nitrogen and oxygen atoms in total. The molecule has 2 heteroatoms. The lowest BCUT2D eigenvalue weighted by Crippen LogP contribution is -2.27. The maximum absolute atomic E-state index is 11.4. The molecule has 1 rings (SSSR count). The fourth-order valence-electron chi connectivity index (χ4n) is 1.82. The van der Waals surface area contributed by atoms with Crippen molar-refractivity contribution in [3.63, 3.8) is 0 Å². The summed E-state index contributed by atoms with van der Waals surface area (Å²) in [6, 6.07) is 0. The molecule has 1 aliphatic heterocycles. The van der Waals surface area contributed by atoms with Crippen LogP contribution in [0.25, 0.3) is 0 Å². The molecular weight excluding hydrogens is 200 g/mol. The van der Waals surface area contributed by atoms with Crippen LogP contribution in [0.1, 0.15) is 34.1 Å². The monoisotopic (exact) mass is 220 g/mol. The van der Waals surface area contributed by atoms with Gasteiger partial charge in [-0.15, -0.1) is 0 Å². The number of esters is 1. The summed E-state index contributed by atoms with van der Waals surface area (Å²) in [6.45, 7) is 7.93. The number of carbonyl (C=O) groups is 1. The van der Waals surface area contributed by atoms with Crippen LogP contribution < -0.4 is 0 Å². The molecular formula is C14H20O2. The maximum atomic E-state index is 11.4. The Morgan fingerprint density at radius 1 is 1.62 bits per heavy atom. The molecule has 0 saturated heterocycles. The van der Waals surface area contributed by atoms with Crippen molar-refractivity contribution in [2.45, 2.75) is 40.2 Å². The minimum atomic E-state index is -0.180. The van der Waals surface area contributed by atoms with E-state index in [-0.39, 0.29) is 18.0 Å². The first-order chi connectivity index (χ1) is 7.54. The number of ether oxygens (including phenoxy) is 1. The van der Waals surface area contributed by atoms with Crippen molar-refractivity contribution in [3.8, 4) is 0 Å². The standard InChI is InChI=1S/C14H20O2/c1-5-6-10(2)9-12(4)13-8-7-11(3)14(15)16-13/h5-7,9,12-13H,8H2,1-4H3/b6-5-,10-9+/t12-,13-/m0/s1. The maximum Gasteiger partial charge on any atom is 0.333 e. The average molecular weight is 220 g/mol. The molecule has 0 N–H and O–H groups in total. The lowest BCUT2D eigenvalue weighted by atomic mass is 9.96. The lowest BCUT2D eigenvalue weighted by Gasteiger charge is -2.25. The fraction of sp³-hybridized carbons (Fsp3) is 0.500. The van der Waals surface area contributed by atoms with E-state index in [1.807, 2.05) is 19.1 Å². The van der Waals surface area contributed by atoms with Gasteiger partial charge >= 0.3 is 5.97 Å². The van der Waals surface area contributed by atoms with E-state index in [4.69, 9.17) is 4.74 Å². The average Bonchev–Trinajstić information content (AvgIpc) is 2.22. The van der Waals surface area contributed by atoms with Crippen LogP contribution in [0, 0.1) is 5.92 Å². The topological polar surface area (TPSA) is 26.3 Å². The van der Waals surface area contributed by atoms with Gasteiger partial charge in [-0.2, -0.15) is 0 Å². The Morgan fingerprint density at radius 3 is 2.88 bits per heavy atom. The molecule has 0 unspecified atom stereocenters. The Kier molecular flexibility index (Phi) is 4.53. The molecule has 0 fully saturated rings. The van der Waals surface area contributed by atoms with Gasteiger partial charge in [-0.3, -0.25) is 0 Å². The minimum Gasteiger partial charge on any atom is -0.458 e. The predicted molar refractivity (Wildman–Crippen MR) is 66.0 cm³/mol. The first-order valence-corrected chi connectivity index (χ1v) is 5.73. The van der Waals surface area contributed by atoms with E-state index in [0.29, 0.717) is 0 Å². The van der Waals surface area contributed by atoms with Gasteiger partial charge in [0.25, 0.3) is 0 Å². The third-order valence-electron chi connectivity index (χ3n) is 2.78. The van der Waals surface area contributed by atoms with Gasteiger partial charge in [0.1, 0.15) is 6.10 Å². The van der Waals surface area contributed by atoms with Crippen molar-refractivity contribution in [2.75, 3.05) is 0 Å². The van der Waals surface area contributed by atoms with Gasteiger partial charge in [0, 0.05) is 17.9 Å². The molecule has 1 aliphatic rings. The van der Waals surface area contributed by atoms with Crippen LogP contribution in [0.4, 0.5) is 0 Å². The van der Waals surface area contributed by atoms with Gasteiger partial charge in [0.15, 0.2) is 0 Å². The number of hydrogen-bond donors (Lipinski definition) is 0. The van der Waals surface area contributed by atoms with Crippen LogP contribution in [-0.2, 0) is 9.53 Å². The SMILES string of the molecule is C/C=C\C(C)=C\[C@H](C)[C@@H]1CC=C(C)C(=O)O1. The molecule has 0 amide bonds. The largest absolute Gasteiger partial charge is 0.458 e. The van der Waals surface area contributed by atoms with E-state index in [9.17, 15) is 4.79 Å². The molecule has 88 valence electrons. The van der Waals surface area contributed by atoms with Crippen molar-refractivity contribution in [1.29, 1.82) is 0 Å². The number of hydrogen-bond acceptors (Lipinski definition) is 2. The molecule has 0 radical (unpaired) electrons. The molecule has 0 bridgehead atoms. The van der Waals surface area contributed by atoms with E-state index in [1.165, 1.54) is 5.57 Å². The first kappa shape index (κ1) is 12.8. The van der Waals surface area contributed by atoms with Crippen molar-refractivity contribution in [1.82, 2.24) is 0 Å². The molecule has 2 atom stereocenters. The molecule has 16 heavy (non-hydrogen) atoms. The van der Waals surface area contributed by atoms with Gasteiger partial charge < -0.3 is 4.74 Å². The summed E-state index contributed by atoms with van der Waals surface area (Å²) in [5, 5.41) is 0. The quantitative estimate of drug-likeness (QED) is 0.538. The summed E-state index contributed by atoms with van der Waals surface area (Å²) in [5.41, 5.74) is 1.93. The number of cyclic esters (lactones) is 1.